The molecule has 2 heterocycles. The topological polar surface area (TPSA) is 118 Å². The fourth-order valence-corrected chi connectivity index (χ4v) is 2.40. The van der Waals surface area contributed by atoms with Gasteiger partial charge in [-0.2, -0.15) is 5.10 Å². The van der Waals surface area contributed by atoms with E-state index in [9.17, 15) is 9.59 Å². The molecule has 0 atom stereocenters. The van der Waals surface area contributed by atoms with Crippen LogP contribution in [0.1, 0.15) is 21.6 Å². The van der Waals surface area contributed by atoms with Gasteiger partial charge in [-0.3, -0.25) is 14.9 Å². The number of aryl methyl sites for hydroxylation is 2. The van der Waals surface area contributed by atoms with E-state index in [4.69, 9.17) is 0 Å². The highest BCUT2D eigenvalue weighted by Crippen LogP contribution is 2.22. The number of carbonyl (C=O) groups is 1. The number of hydrogen-bond donors (Lipinski definition) is 2. The van der Waals surface area contributed by atoms with Gasteiger partial charge in [0.05, 0.1) is 5.56 Å². The Morgan fingerprint density at radius 3 is 2.75 bits per heavy atom. The van der Waals surface area contributed by atoms with E-state index >= 15 is 0 Å². The summed E-state index contributed by atoms with van der Waals surface area (Å²) in [6.45, 7) is 3.62. The summed E-state index contributed by atoms with van der Waals surface area (Å²) < 4.78 is 1.32. The smallest absolute Gasteiger partial charge is 0.278 e. The second-order valence-corrected chi connectivity index (χ2v) is 5.35. The van der Waals surface area contributed by atoms with E-state index < -0.39 is 5.91 Å². The largest absolute Gasteiger partial charge is 0.288 e. The van der Waals surface area contributed by atoms with Gasteiger partial charge in [0.1, 0.15) is 0 Å². The molecule has 0 aliphatic carbocycles. The van der Waals surface area contributed by atoms with Crippen LogP contribution in [0.25, 0.3) is 11.1 Å². The number of aromatic amines is 1. The lowest BCUT2D eigenvalue weighted by Crippen LogP contribution is -2.23. The average Bonchev–Trinajstić information content (AvgIpc) is 2.92. The van der Waals surface area contributed by atoms with Crippen molar-refractivity contribution in [1.82, 2.24) is 30.4 Å². The number of benzene rings is 1. The Labute approximate surface area is 136 Å². The molecule has 3 rings (SSSR count). The molecular weight excluding hydrogens is 310 g/mol. The monoisotopic (exact) mass is 325 g/mol. The number of amides is 1. The van der Waals surface area contributed by atoms with E-state index in [2.05, 4.69) is 31.0 Å². The van der Waals surface area contributed by atoms with Crippen LogP contribution in [0.5, 0.6) is 0 Å². The molecule has 0 saturated heterocycles. The highest BCUT2D eigenvalue weighted by molar-refractivity contribution is 6.03. The van der Waals surface area contributed by atoms with Crippen LogP contribution in [0.4, 0.5) is 5.95 Å². The molecular formula is C15H15N7O2. The lowest BCUT2D eigenvalue weighted by molar-refractivity contribution is 0.101. The van der Waals surface area contributed by atoms with Crippen LogP contribution >= 0.6 is 0 Å². The van der Waals surface area contributed by atoms with Gasteiger partial charge in [0, 0.05) is 7.05 Å². The molecule has 0 aliphatic rings. The summed E-state index contributed by atoms with van der Waals surface area (Å²) in [7, 11) is 1.60. The first kappa shape index (κ1) is 15.5. The van der Waals surface area contributed by atoms with E-state index in [1.165, 1.54) is 4.68 Å². The standard InChI is InChI=1S/C15H15N7O2/c1-8-5-4-6-10(7-8)11-9(2)12(17-18-13(11)23)14(24)16-15-19-20-21-22(15)3/h4-7H,1-3H3,(H,18,23)(H,16,19,21,24). The summed E-state index contributed by atoms with van der Waals surface area (Å²) in [6, 6.07) is 7.49. The Morgan fingerprint density at radius 1 is 1.29 bits per heavy atom. The van der Waals surface area contributed by atoms with Crippen LogP contribution in [-0.2, 0) is 7.05 Å². The van der Waals surface area contributed by atoms with Crippen LogP contribution < -0.4 is 10.9 Å². The first-order valence-corrected chi connectivity index (χ1v) is 7.17. The Bertz CT molecular complexity index is 974. The summed E-state index contributed by atoms with van der Waals surface area (Å²) in [6.07, 6.45) is 0. The van der Waals surface area contributed by atoms with Gasteiger partial charge in [0.25, 0.3) is 11.5 Å². The zero-order chi connectivity index (χ0) is 17.3. The van der Waals surface area contributed by atoms with Crippen molar-refractivity contribution in [3.8, 4) is 11.1 Å². The van der Waals surface area contributed by atoms with Crippen LogP contribution in [-0.4, -0.2) is 36.3 Å². The molecule has 1 aromatic carbocycles. The number of rotatable bonds is 3. The number of aromatic nitrogens is 6. The van der Waals surface area contributed by atoms with Gasteiger partial charge in [-0.25, -0.2) is 9.78 Å². The molecule has 1 amide bonds. The molecule has 0 saturated carbocycles. The van der Waals surface area contributed by atoms with Crippen LogP contribution in [0.15, 0.2) is 29.1 Å². The van der Waals surface area contributed by atoms with E-state index in [1.54, 1.807) is 14.0 Å². The molecule has 0 aliphatic heterocycles. The quantitative estimate of drug-likeness (QED) is 0.736. The van der Waals surface area contributed by atoms with Crippen molar-refractivity contribution in [2.24, 2.45) is 7.05 Å². The molecule has 0 bridgehead atoms. The minimum atomic E-state index is -0.504. The van der Waals surface area contributed by atoms with Crippen molar-refractivity contribution in [2.45, 2.75) is 13.8 Å². The lowest BCUT2D eigenvalue weighted by atomic mass is 9.99. The molecule has 2 aromatic heterocycles. The van der Waals surface area contributed by atoms with Gasteiger partial charge in [0.15, 0.2) is 5.69 Å². The third kappa shape index (κ3) is 2.78. The minimum Gasteiger partial charge on any atom is -0.288 e. The summed E-state index contributed by atoms with van der Waals surface area (Å²) in [5.41, 5.74) is 2.39. The number of nitrogens with one attached hydrogen (secondary N) is 2. The van der Waals surface area contributed by atoms with Crippen molar-refractivity contribution in [3.63, 3.8) is 0 Å². The molecule has 2 N–H and O–H groups in total. The fourth-order valence-electron chi connectivity index (χ4n) is 2.40. The minimum absolute atomic E-state index is 0.106. The van der Waals surface area contributed by atoms with Crippen molar-refractivity contribution in [2.75, 3.05) is 5.32 Å². The average molecular weight is 325 g/mol. The van der Waals surface area contributed by atoms with Crippen molar-refractivity contribution in [3.05, 3.63) is 51.4 Å². The molecule has 122 valence electrons. The van der Waals surface area contributed by atoms with Gasteiger partial charge in [-0.05, 0) is 35.4 Å². The summed E-state index contributed by atoms with van der Waals surface area (Å²) in [4.78, 5) is 24.7. The zero-order valence-corrected chi connectivity index (χ0v) is 13.4. The maximum atomic E-state index is 12.4. The number of nitrogens with zero attached hydrogens (tertiary/aromatic N) is 5. The zero-order valence-electron chi connectivity index (χ0n) is 13.4. The van der Waals surface area contributed by atoms with E-state index in [0.717, 1.165) is 11.1 Å². The fraction of sp³-hybridized carbons (Fsp3) is 0.200. The molecule has 9 heteroatoms. The van der Waals surface area contributed by atoms with E-state index in [0.29, 0.717) is 11.1 Å². The molecule has 24 heavy (non-hydrogen) atoms. The first-order valence-electron chi connectivity index (χ1n) is 7.17. The van der Waals surface area contributed by atoms with Crippen LogP contribution in [0, 0.1) is 13.8 Å². The lowest BCUT2D eigenvalue weighted by Gasteiger charge is -2.10. The number of tetrazole rings is 1. The normalized spacial score (nSPS) is 10.6. The third-order valence-electron chi connectivity index (χ3n) is 3.59. The van der Waals surface area contributed by atoms with Gasteiger partial charge in [-0.1, -0.05) is 34.9 Å². The molecule has 0 spiro atoms. The van der Waals surface area contributed by atoms with Gasteiger partial charge < -0.3 is 0 Å². The van der Waals surface area contributed by atoms with Gasteiger partial charge in [-0.15, -0.1) is 0 Å². The van der Waals surface area contributed by atoms with Crippen molar-refractivity contribution >= 4 is 11.9 Å². The Hall–Kier alpha value is -3.36. The predicted molar refractivity (Wildman–Crippen MR) is 86.5 cm³/mol. The highest BCUT2D eigenvalue weighted by Gasteiger charge is 2.19. The maximum absolute atomic E-state index is 12.4. The highest BCUT2D eigenvalue weighted by atomic mass is 16.2. The molecule has 0 unspecified atom stereocenters. The van der Waals surface area contributed by atoms with E-state index in [-0.39, 0.29) is 17.2 Å². The number of carbonyl (C=O) groups excluding carboxylic acids is 1. The first-order chi connectivity index (χ1) is 11.5. The Morgan fingerprint density at radius 2 is 2.08 bits per heavy atom. The Balaban J connectivity index is 2.05. The predicted octanol–water partition coefficient (Wildman–Crippen LogP) is 0.830. The van der Waals surface area contributed by atoms with Crippen LogP contribution in [0.3, 0.4) is 0 Å². The maximum Gasteiger partial charge on any atom is 0.278 e. The molecule has 0 fully saturated rings. The molecule has 3 aromatic rings. The van der Waals surface area contributed by atoms with Crippen molar-refractivity contribution < 1.29 is 4.79 Å². The molecule has 0 radical (unpaired) electrons. The summed E-state index contributed by atoms with van der Waals surface area (Å²) >= 11 is 0. The van der Waals surface area contributed by atoms with Gasteiger partial charge in [0.2, 0.25) is 5.95 Å². The number of H-pyrrole nitrogens is 1. The summed E-state index contributed by atoms with van der Waals surface area (Å²) in [5, 5.41) is 19.6. The van der Waals surface area contributed by atoms with Crippen LogP contribution in [0.2, 0.25) is 0 Å². The Kier molecular flexibility index (Phi) is 3.90. The third-order valence-corrected chi connectivity index (χ3v) is 3.59. The van der Waals surface area contributed by atoms with E-state index in [1.807, 2.05) is 31.2 Å². The van der Waals surface area contributed by atoms with Gasteiger partial charge >= 0.3 is 0 Å². The second-order valence-electron chi connectivity index (χ2n) is 5.35. The van der Waals surface area contributed by atoms with Crippen molar-refractivity contribution in [1.29, 1.82) is 0 Å². The number of anilines is 1. The summed E-state index contributed by atoms with van der Waals surface area (Å²) in [5.74, 6) is -0.319. The second kappa shape index (κ2) is 6.03. The number of hydrogen-bond acceptors (Lipinski definition) is 6. The molecule has 9 nitrogen and oxygen atoms in total. The SMILES string of the molecule is Cc1cccc(-c2c(C)c(C(=O)Nc3nnnn3C)n[nH]c2=O)c1.